The van der Waals surface area contributed by atoms with Gasteiger partial charge in [0, 0.05) is 25.2 Å². The summed E-state index contributed by atoms with van der Waals surface area (Å²) >= 11 is 0. The van der Waals surface area contributed by atoms with Crippen LogP contribution in [0.5, 0.6) is 5.75 Å². The van der Waals surface area contributed by atoms with Crippen molar-refractivity contribution in [3.8, 4) is 5.75 Å². The van der Waals surface area contributed by atoms with Crippen LogP contribution in [0.4, 0.5) is 11.4 Å². The van der Waals surface area contributed by atoms with Gasteiger partial charge in [0.05, 0.1) is 31.6 Å². The SMILES string of the molecule is COc1ccc(CCC(=O)Nc2ccc(N3CCOCC3)cc2C(=O)O)cc1. The van der Waals surface area contributed by atoms with Crippen molar-refractivity contribution in [2.75, 3.05) is 43.6 Å². The van der Waals surface area contributed by atoms with Gasteiger partial charge in [-0.15, -0.1) is 0 Å². The monoisotopic (exact) mass is 384 g/mol. The van der Waals surface area contributed by atoms with Crippen LogP contribution in [-0.2, 0) is 16.0 Å². The first-order chi connectivity index (χ1) is 13.6. The average molecular weight is 384 g/mol. The minimum absolute atomic E-state index is 0.0850. The molecule has 0 spiro atoms. The fourth-order valence-electron chi connectivity index (χ4n) is 3.10. The lowest BCUT2D eigenvalue weighted by atomic mass is 10.1. The highest BCUT2D eigenvalue weighted by Gasteiger charge is 2.17. The van der Waals surface area contributed by atoms with E-state index in [1.165, 1.54) is 0 Å². The first-order valence-electron chi connectivity index (χ1n) is 9.19. The number of anilines is 2. The molecule has 7 nitrogen and oxygen atoms in total. The number of hydrogen-bond acceptors (Lipinski definition) is 5. The second-order valence-corrected chi connectivity index (χ2v) is 6.53. The van der Waals surface area contributed by atoms with E-state index in [0.29, 0.717) is 38.4 Å². The quantitative estimate of drug-likeness (QED) is 0.763. The van der Waals surface area contributed by atoms with E-state index in [1.54, 1.807) is 19.2 Å². The van der Waals surface area contributed by atoms with Gasteiger partial charge in [-0.3, -0.25) is 4.79 Å². The van der Waals surface area contributed by atoms with Gasteiger partial charge in [-0.25, -0.2) is 4.79 Å². The maximum absolute atomic E-state index is 12.3. The second kappa shape index (κ2) is 9.23. The van der Waals surface area contributed by atoms with Crippen LogP contribution < -0.4 is 15.0 Å². The molecule has 0 unspecified atom stereocenters. The standard InChI is InChI=1S/C21H24N2O5/c1-27-17-6-2-15(3-7-17)4-9-20(24)22-19-8-5-16(14-18(19)21(25)26)23-10-12-28-13-11-23/h2-3,5-8,14H,4,9-13H2,1H3,(H,22,24)(H,25,26). The van der Waals surface area contributed by atoms with Crippen LogP contribution in [-0.4, -0.2) is 50.4 Å². The Morgan fingerprint density at radius 3 is 2.50 bits per heavy atom. The Balaban J connectivity index is 1.64. The first-order valence-corrected chi connectivity index (χ1v) is 9.19. The minimum Gasteiger partial charge on any atom is -0.497 e. The molecule has 0 saturated carbocycles. The third-order valence-corrected chi connectivity index (χ3v) is 4.68. The van der Waals surface area contributed by atoms with Gasteiger partial charge in [-0.05, 0) is 42.3 Å². The van der Waals surface area contributed by atoms with Crippen molar-refractivity contribution < 1.29 is 24.2 Å². The van der Waals surface area contributed by atoms with Gasteiger partial charge in [0.15, 0.2) is 0 Å². The third-order valence-electron chi connectivity index (χ3n) is 4.68. The summed E-state index contributed by atoms with van der Waals surface area (Å²) in [5.74, 6) is -0.530. The van der Waals surface area contributed by atoms with E-state index in [9.17, 15) is 14.7 Å². The Kier molecular flexibility index (Phi) is 6.49. The van der Waals surface area contributed by atoms with Crippen molar-refractivity contribution in [2.45, 2.75) is 12.8 Å². The average Bonchev–Trinajstić information content (AvgIpc) is 2.73. The summed E-state index contributed by atoms with van der Waals surface area (Å²) in [6.45, 7) is 2.66. The van der Waals surface area contributed by atoms with E-state index in [4.69, 9.17) is 9.47 Å². The number of carboxylic acid groups (broad SMARTS) is 1. The smallest absolute Gasteiger partial charge is 0.337 e. The maximum Gasteiger partial charge on any atom is 0.337 e. The number of rotatable bonds is 7. The fraction of sp³-hybridized carbons (Fsp3) is 0.333. The van der Waals surface area contributed by atoms with Crippen LogP contribution in [0.1, 0.15) is 22.3 Å². The third kappa shape index (κ3) is 5.01. The predicted octanol–water partition coefficient (Wildman–Crippen LogP) is 2.80. The molecule has 3 rings (SSSR count). The Labute approximate surface area is 163 Å². The normalized spacial score (nSPS) is 13.8. The molecule has 2 N–H and O–H groups in total. The number of nitrogens with one attached hydrogen (secondary N) is 1. The zero-order chi connectivity index (χ0) is 19.9. The summed E-state index contributed by atoms with van der Waals surface area (Å²) < 4.78 is 10.4. The summed E-state index contributed by atoms with van der Waals surface area (Å²) in [4.78, 5) is 26.1. The van der Waals surface area contributed by atoms with Crippen LogP contribution in [0.2, 0.25) is 0 Å². The number of amides is 1. The Morgan fingerprint density at radius 2 is 1.86 bits per heavy atom. The molecule has 1 amide bonds. The van der Waals surface area contributed by atoms with E-state index in [-0.39, 0.29) is 17.9 Å². The number of carbonyl (C=O) groups is 2. The molecule has 0 bridgehead atoms. The summed E-state index contributed by atoms with van der Waals surface area (Å²) in [5.41, 5.74) is 2.22. The van der Waals surface area contributed by atoms with E-state index in [1.807, 2.05) is 30.3 Å². The molecule has 0 radical (unpaired) electrons. The molecule has 148 valence electrons. The van der Waals surface area contributed by atoms with Crippen LogP contribution >= 0.6 is 0 Å². The lowest BCUT2D eigenvalue weighted by molar-refractivity contribution is -0.116. The number of carbonyl (C=O) groups excluding carboxylic acids is 1. The fourth-order valence-corrected chi connectivity index (χ4v) is 3.10. The molecule has 0 aromatic heterocycles. The number of aryl methyl sites for hydroxylation is 1. The van der Waals surface area contributed by atoms with Crippen molar-refractivity contribution in [1.29, 1.82) is 0 Å². The van der Waals surface area contributed by atoms with E-state index >= 15 is 0 Å². The first kappa shape index (κ1) is 19.7. The Hall–Kier alpha value is -3.06. The van der Waals surface area contributed by atoms with Gasteiger partial charge in [0.25, 0.3) is 0 Å². The van der Waals surface area contributed by atoms with Crippen molar-refractivity contribution in [3.05, 3.63) is 53.6 Å². The highest BCUT2D eigenvalue weighted by molar-refractivity contribution is 6.01. The molecular formula is C21H24N2O5. The minimum atomic E-state index is -1.07. The van der Waals surface area contributed by atoms with Gasteiger partial charge < -0.3 is 24.8 Å². The van der Waals surface area contributed by atoms with Crippen LogP contribution in [0, 0.1) is 0 Å². The molecule has 2 aromatic rings. The molecule has 28 heavy (non-hydrogen) atoms. The number of benzene rings is 2. The number of morpholine rings is 1. The van der Waals surface area contributed by atoms with Crippen molar-refractivity contribution >= 4 is 23.3 Å². The summed E-state index contributed by atoms with van der Waals surface area (Å²) in [5, 5.41) is 12.3. The van der Waals surface area contributed by atoms with Crippen LogP contribution in [0.25, 0.3) is 0 Å². The van der Waals surface area contributed by atoms with E-state index < -0.39 is 5.97 Å². The molecule has 2 aromatic carbocycles. The molecular weight excluding hydrogens is 360 g/mol. The summed E-state index contributed by atoms with van der Waals surface area (Å²) in [6.07, 6.45) is 0.820. The molecule has 1 aliphatic rings. The highest BCUT2D eigenvalue weighted by atomic mass is 16.5. The van der Waals surface area contributed by atoms with Gasteiger partial charge in [0.2, 0.25) is 5.91 Å². The number of ether oxygens (including phenoxy) is 2. The van der Waals surface area contributed by atoms with Crippen molar-refractivity contribution in [3.63, 3.8) is 0 Å². The Morgan fingerprint density at radius 1 is 1.14 bits per heavy atom. The largest absolute Gasteiger partial charge is 0.497 e. The van der Waals surface area contributed by atoms with Crippen molar-refractivity contribution in [2.24, 2.45) is 0 Å². The maximum atomic E-state index is 12.3. The van der Waals surface area contributed by atoms with E-state index in [2.05, 4.69) is 10.2 Å². The van der Waals surface area contributed by atoms with Gasteiger partial charge in [0.1, 0.15) is 5.75 Å². The predicted molar refractivity (Wildman–Crippen MR) is 106 cm³/mol. The molecule has 1 heterocycles. The molecule has 1 aliphatic heterocycles. The molecule has 1 saturated heterocycles. The summed E-state index contributed by atoms with van der Waals surface area (Å²) in [6, 6.07) is 12.6. The zero-order valence-electron chi connectivity index (χ0n) is 15.8. The lowest BCUT2D eigenvalue weighted by Crippen LogP contribution is -2.36. The number of nitrogens with zero attached hydrogens (tertiary/aromatic N) is 1. The van der Waals surface area contributed by atoms with E-state index in [0.717, 1.165) is 17.0 Å². The molecule has 0 aliphatic carbocycles. The zero-order valence-corrected chi connectivity index (χ0v) is 15.8. The Bertz CT molecular complexity index is 829. The number of methoxy groups -OCH3 is 1. The second-order valence-electron chi connectivity index (χ2n) is 6.53. The molecule has 1 fully saturated rings. The molecule has 0 atom stereocenters. The van der Waals surface area contributed by atoms with Gasteiger partial charge in [-0.2, -0.15) is 0 Å². The van der Waals surface area contributed by atoms with Crippen LogP contribution in [0.15, 0.2) is 42.5 Å². The number of aromatic carboxylic acids is 1. The highest BCUT2D eigenvalue weighted by Crippen LogP contribution is 2.24. The van der Waals surface area contributed by atoms with Crippen molar-refractivity contribution in [1.82, 2.24) is 0 Å². The topological polar surface area (TPSA) is 88.1 Å². The summed E-state index contributed by atoms with van der Waals surface area (Å²) in [7, 11) is 1.60. The number of carboxylic acids is 1. The van der Waals surface area contributed by atoms with Gasteiger partial charge in [-0.1, -0.05) is 12.1 Å². The molecule has 7 heteroatoms. The van der Waals surface area contributed by atoms with Gasteiger partial charge >= 0.3 is 5.97 Å². The lowest BCUT2D eigenvalue weighted by Gasteiger charge is -2.29. The van der Waals surface area contributed by atoms with Crippen LogP contribution in [0.3, 0.4) is 0 Å². The number of hydrogen-bond donors (Lipinski definition) is 2.